The van der Waals surface area contributed by atoms with Gasteiger partial charge in [0.2, 0.25) is 5.91 Å². The van der Waals surface area contributed by atoms with Gasteiger partial charge in [-0.15, -0.1) is 0 Å². The molecule has 1 rings (SSSR count). The number of halogens is 1. The van der Waals surface area contributed by atoms with Crippen LogP contribution in [0.5, 0.6) is 0 Å². The number of nitrogens with one attached hydrogen (secondary N) is 1. The SMILES string of the molecule is NNC(=O)CS(=O)(=O)C=CC(=O)c1ccc(Cl)cc1. The van der Waals surface area contributed by atoms with E-state index >= 15 is 0 Å². The molecule has 102 valence electrons. The standard InChI is InChI=1S/C11H11ClN2O4S/c12-9-3-1-8(2-4-9)10(15)5-6-19(17,18)7-11(16)14-13/h1-6H,7,13H2,(H,14,16). The molecule has 0 atom stereocenters. The van der Waals surface area contributed by atoms with E-state index in [1.165, 1.54) is 24.3 Å². The number of allylic oxidation sites excluding steroid dienone is 1. The first-order valence-electron chi connectivity index (χ1n) is 5.04. The largest absolute Gasteiger partial charge is 0.293 e. The Morgan fingerprint density at radius 1 is 1.26 bits per heavy atom. The topological polar surface area (TPSA) is 106 Å². The first kappa shape index (κ1) is 15.4. The molecular formula is C11H11ClN2O4S. The lowest BCUT2D eigenvalue weighted by atomic mass is 10.1. The zero-order chi connectivity index (χ0) is 14.5. The number of rotatable bonds is 5. The summed E-state index contributed by atoms with van der Waals surface area (Å²) in [4.78, 5) is 22.5. The van der Waals surface area contributed by atoms with E-state index in [1.54, 1.807) is 5.43 Å². The normalized spacial score (nSPS) is 11.5. The summed E-state index contributed by atoms with van der Waals surface area (Å²) in [6.07, 6.45) is 0.877. The number of carbonyl (C=O) groups excluding carboxylic acids is 2. The fourth-order valence-corrected chi connectivity index (χ4v) is 2.15. The van der Waals surface area contributed by atoms with Gasteiger partial charge >= 0.3 is 0 Å². The zero-order valence-electron chi connectivity index (χ0n) is 9.67. The summed E-state index contributed by atoms with van der Waals surface area (Å²) in [5.74, 6) is 2.60. The second-order valence-electron chi connectivity index (χ2n) is 3.55. The number of ketones is 1. The van der Waals surface area contributed by atoms with Crippen molar-refractivity contribution >= 4 is 33.1 Å². The monoisotopic (exact) mass is 302 g/mol. The van der Waals surface area contributed by atoms with Crippen molar-refractivity contribution in [1.29, 1.82) is 0 Å². The van der Waals surface area contributed by atoms with Crippen LogP contribution in [-0.2, 0) is 14.6 Å². The molecule has 0 radical (unpaired) electrons. The molecule has 0 aliphatic carbocycles. The van der Waals surface area contributed by atoms with E-state index in [0.29, 0.717) is 16.0 Å². The van der Waals surface area contributed by atoms with Crippen LogP contribution in [0.3, 0.4) is 0 Å². The van der Waals surface area contributed by atoms with Gasteiger partial charge in [-0.2, -0.15) is 0 Å². The highest BCUT2D eigenvalue weighted by molar-refractivity contribution is 7.94. The summed E-state index contributed by atoms with van der Waals surface area (Å²) in [5, 5.41) is 1.15. The second-order valence-corrected chi connectivity index (χ2v) is 5.87. The van der Waals surface area contributed by atoms with E-state index in [4.69, 9.17) is 17.4 Å². The van der Waals surface area contributed by atoms with Crippen LogP contribution in [0.4, 0.5) is 0 Å². The van der Waals surface area contributed by atoms with Gasteiger partial charge in [-0.3, -0.25) is 15.0 Å². The molecule has 0 aliphatic rings. The van der Waals surface area contributed by atoms with Crippen LogP contribution in [0.25, 0.3) is 0 Å². The van der Waals surface area contributed by atoms with E-state index in [-0.39, 0.29) is 0 Å². The molecular weight excluding hydrogens is 292 g/mol. The van der Waals surface area contributed by atoms with Crippen molar-refractivity contribution in [2.75, 3.05) is 5.75 Å². The van der Waals surface area contributed by atoms with E-state index in [2.05, 4.69) is 0 Å². The predicted octanol–water partition coefficient (Wildman–Crippen LogP) is 0.441. The van der Waals surface area contributed by atoms with Crippen molar-refractivity contribution < 1.29 is 18.0 Å². The maximum absolute atomic E-state index is 11.6. The molecule has 6 nitrogen and oxygen atoms in total. The van der Waals surface area contributed by atoms with Gasteiger partial charge in [0.1, 0.15) is 5.75 Å². The lowest BCUT2D eigenvalue weighted by Crippen LogP contribution is -2.34. The molecule has 0 aromatic heterocycles. The summed E-state index contributed by atoms with van der Waals surface area (Å²) < 4.78 is 22.8. The molecule has 0 saturated heterocycles. The Kier molecular flexibility index (Phi) is 5.22. The van der Waals surface area contributed by atoms with Crippen LogP contribution >= 0.6 is 11.6 Å². The molecule has 3 N–H and O–H groups in total. The second kappa shape index (κ2) is 6.46. The van der Waals surface area contributed by atoms with Gasteiger partial charge in [-0.1, -0.05) is 11.6 Å². The number of hydrazine groups is 1. The van der Waals surface area contributed by atoms with Crippen LogP contribution in [0.2, 0.25) is 5.02 Å². The minimum Gasteiger partial charge on any atom is -0.293 e. The minimum atomic E-state index is -3.82. The van der Waals surface area contributed by atoms with Gasteiger partial charge < -0.3 is 0 Å². The number of sulfone groups is 1. The maximum Gasteiger partial charge on any atom is 0.249 e. The summed E-state index contributed by atoms with van der Waals surface area (Å²) in [7, 11) is -3.82. The number of benzene rings is 1. The molecule has 0 saturated carbocycles. The van der Waals surface area contributed by atoms with Crippen molar-refractivity contribution in [3.05, 3.63) is 46.3 Å². The molecule has 0 bridgehead atoms. The molecule has 0 unspecified atom stereocenters. The quantitative estimate of drug-likeness (QED) is 0.270. The fraction of sp³-hybridized carbons (Fsp3) is 0.0909. The van der Waals surface area contributed by atoms with Crippen LogP contribution in [0, 0.1) is 0 Å². The van der Waals surface area contributed by atoms with Crippen LogP contribution in [-0.4, -0.2) is 25.9 Å². The summed E-state index contributed by atoms with van der Waals surface area (Å²) in [6.45, 7) is 0. The van der Waals surface area contributed by atoms with E-state index < -0.39 is 27.3 Å². The average molecular weight is 303 g/mol. The molecule has 19 heavy (non-hydrogen) atoms. The Hall–Kier alpha value is -1.70. The van der Waals surface area contributed by atoms with Gasteiger partial charge in [0.05, 0.1) is 0 Å². The van der Waals surface area contributed by atoms with Crippen molar-refractivity contribution in [1.82, 2.24) is 5.43 Å². The Labute approximate surface area is 115 Å². The molecule has 0 aliphatic heterocycles. The smallest absolute Gasteiger partial charge is 0.249 e. The number of hydrogen-bond acceptors (Lipinski definition) is 5. The van der Waals surface area contributed by atoms with Crippen molar-refractivity contribution in [2.24, 2.45) is 5.84 Å². The first-order chi connectivity index (χ1) is 8.84. The fourth-order valence-electron chi connectivity index (χ4n) is 1.15. The number of hydrogen-bond donors (Lipinski definition) is 2. The highest BCUT2D eigenvalue weighted by atomic mass is 35.5. The lowest BCUT2D eigenvalue weighted by Gasteiger charge is -1.98. The molecule has 0 fully saturated rings. The molecule has 8 heteroatoms. The molecule has 1 amide bonds. The Balaban J connectivity index is 2.78. The van der Waals surface area contributed by atoms with Gasteiger partial charge in [0.25, 0.3) is 0 Å². The van der Waals surface area contributed by atoms with Crippen LogP contribution in [0.15, 0.2) is 35.7 Å². The molecule has 0 heterocycles. The van der Waals surface area contributed by atoms with E-state index in [9.17, 15) is 18.0 Å². The van der Waals surface area contributed by atoms with Gasteiger partial charge in [-0.05, 0) is 30.3 Å². The van der Waals surface area contributed by atoms with Gasteiger partial charge in [0.15, 0.2) is 15.6 Å². The Morgan fingerprint density at radius 3 is 2.37 bits per heavy atom. The minimum absolute atomic E-state index is 0.291. The van der Waals surface area contributed by atoms with E-state index in [0.717, 1.165) is 6.08 Å². The number of carbonyl (C=O) groups is 2. The molecule has 0 spiro atoms. The van der Waals surface area contributed by atoms with Crippen molar-refractivity contribution in [3.63, 3.8) is 0 Å². The third-order valence-corrected chi connectivity index (χ3v) is 3.52. The van der Waals surface area contributed by atoms with Gasteiger partial charge in [-0.25, -0.2) is 14.3 Å². The maximum atomic E-state index is 11.6. The van der Waals surface area contributed by atoms with Crippen molar-refractivity contribution in [2.45, 2.75) is 0 Å². The highest BCUT2D eigenvalue weighted by Crippen LogP contribution is 2.10. The summed E-state index contributed by atoms with van der Waals surface area (Å²) in [6, 6.07) is 5.96. The van der Waals surface area contributed by atoms with Crippen molar-refractivity contribution in [3.8, 4) is 0 Å². The molecule has 1 aromatic carbocycles. The average Bonchev–Trinajstić information content (AvgIpc) is 2.36. The Bertz CT molecular complexity index is 608. The van der Waals surface area contributed by atoms with Crippen LogP contribution in [0.1, 0.15) is 10.4 Å². The zero-order valence-corrected chi connectivity index (χ0v) is 11.2. The van der Waals surface area contributed by atoms with Crippen LogP contribution < -0.4 is 11.3 Å². The third kappa shape index (κ3) is 5.21. The third-order valence-electron chi connectivity index (χ3n) is 2.05. The number of amides is 1. The molecule has 1 aromatic rings. The van der Waals surface area contributed by atoms with Gasteiger partial charge in [0, 0.05) is 16.0 Å². The summed E-state index contributed by atoms with van der Waals surface area (Å²) >= 11 is 5.66. The summed E-state index contributed by atoms with van der Waals surface area (Å²) in [5.41, 5.74) is 1.99. The van der Waals surface area contributed by atoms with E-state index in [1.807, 2.05) is 0 Å². The predicted molar refractivity (Wildman–Crippen MR) is 71.0 cm³/mol. The Morgan fingerprint density at radius 2 is 1.84 bits per heavy atom. The first-order valence-corrected chi connectivity index (χ1v) is 7.13. The number of nitrogens with two attached hydrogens (primary N) is 1. The highest BCUT2D eigenvalue weighted by Gasteiger charge is 2.13. The lowest BCUT2D eigenvalue weighted by molar-refractivity contribution is -0.118.